The van der Waals surface area contributed by atoms with Gasteiger partial charge in [-0.25, -0.2) is 4.98 Å². The summed E-state index contributed by atoms with van der Waals surface area (Å²) in [7, 11) is 1.65. The van der Waals surface area contributed by atoms with E-state index in [1.54, 1.807) is 7.11 Å². The number of thiazole rings is 1. The predicted octanol–water partition coefficient (Wildman–Crippen LogP) is 4.52. The van der Waals surface area contributed by atoms with Gasteiger partial charge in [-0.05, 0) is 30.3 Å². The van der Waals surface area contributed by atoms with Crippen LogP contribution in [0.4, 0.5) is 16.5 Å². The van der Waals surface area contributed by atoms with Gasteiger partial charge < -0.3 is 15.4 Å². The molecule has 0 aliphatic carbocycles. The Morgan fingerprint density at radius 2 is 1.92 bits per heavy atom. The molecule has 3 aromatic rings. The normalized spacial score (nSPS) is 10.2. The van der Waals surface area contributed by atoms with Crippen molar-refractivity contribution in [3.05, 3.63) is 53.9 Å². The van der Waals surface area contributed by atoms with Gasteiger partial charge in [0, 0.05) is 29.2 Å². The largest absolute Gasteiger partial charge is 0.497 e. The average Bonchev–Trinajstić information content (AvgIpc) is 3.03. The molecule has 0 unspecified atom stereocenters. The van der Waals surface area contributed by atoms with Crippen LogP contribution in [0.2, 0.25) is 0 Å². The molecule has 0 fully saturated rings. The van der Waals surface area contributed by atoms with Crippen LogP contribution in [0, 0.1) is 0 Å². The highest BCUT2D eigenvalue weighted by molar-refractivity contribution is 7.14. The van der Waals surface area contributed by atoms with Crippen LogP contribution in [0.5, 0.6) is 5.75 Å². The number of hydrogen-bond acceptors (Lipinski definition) is 5. The third kappa shape index (κ3) is 3.91. The molecule has 0 spiro atoms. The molecule has 0 aliphatic rings. The molecule has 0 radical (unpaired) electrons. The summed E-state index contributed by atoms with van der Waals surface area (Å²) in [6.45, 7) is 1.49. The molecule has 1 heterocycles. The molecule has 1 aromatic heterocycles. The third-order valence-electron chi connectivity index (χ3n) is 3.30. The Morgan fingerprint density at radius 1 is 1.12 bits per heavy atom. The molecule has 5 nitrogen and oxygen atoms in total. The van der Waals surface area contributed by atoms with Gasteiger partial charge in [0.25, 0.3) is 0 Å². The van der Waals surface area contributed by atoms with E-state index in [4.69, 9.17) is 4.74 Å². The van der Waals surface area contributed by atoms with Crippen LogP contribution < -0.4 is 15.4 Å². The van der Waals surface area contributed by atoms with E-state index in [1.165, 1.54) is 18.3 Å². The second-order valence-electron chi connectivity index (χ2n) is 5.16. The summed E-state index contributed by atoms with van der Waals surface area (Å²) in [5.41, 5.74) is 3.51. The molecule has 0 bridgehead atoms. The molecule has 0 aliphatic heterocycles. The first-order valence-corrected chi connectivity index (χ1v) is 8.26. The number of aromatic nitrogens is 1. The van der Waals surface area contributed by atoms with E-state index in [-0.39, 0.29) is 5.91 Å². The molecule has 1 amide bonds. The van der Waals surface area contributed by atoms with Crippen LogP contribution in [0.1, 0.15) is 6.92 Å². The molecule has 24 heavy (non-hydrogen) atoms. The number of amides is 1. The first-order valence-electron chi connectivity index (χ1n) is 7.38. The Kier molecular flexibility index (Phi) is 4.77. The zero-order chi connectivity index (χ0) is 16.9. The summed E-state index contributed by atoms with van der Waals surface area (Å²) in [6, 6.07) is 15.3. The highest BCUT2D eigenvalue weighted by Gasteiger charge is 2.06. The zero-order valence-corrected chi connectivity index (χ0v) is 14.2. The van der Waals surface area contributed by atoms with Crippen molar-refractivity contribution in [1.29, 1.82) is 0 Å². The quantitative estimate of drug-likeness (QED) is 0.717. The summed E-state index contributed by atoms with van der Waals surface area (Å²) >= 11 is 1.52. The highest BCUT2D eigenvalue weighted by Crippen LogP contribution is 2.29. The van der Waals surface area contributed by atoms with Gasteiger partial charge in [0.15, 0.2) is 5.13 Å². The van der Waals surface area contributed by atoms with Crippen LogP contribution in [0.3, 0.4) is 0 Å². The number of ether oxygens (including phenoxy) is 1. The van der Waals surface area contributed by atoms with Gasteiger partial charge in [-0.2, -0.15) is 0 Å². The summed E-state index contributed by atoms with van der Waals surface area (Å²) in [6.07, 6.45) is 0. The van der Waals surface area contributed by atoms with Gasteiger partial charge in [0.1, 0.15) is 5.75 Å². The second-order valence-corrected chi connectivity index (χ2v) is 6.01. The van der Waals surface area contributed by atoms with E-state index in [9.17, 15) is 4.79 Å². The minimum absolute atomic E-state index is 0.0956. The first kappa shape index (κ1) is 16.0. The molecule has 0 atom stereocenters. The van der Waals surface area contributed by atoms with Crippen LogP contribution >= 0.6 is 11.3 Å². The standard InChI is InChI=1S/C18H17N3O2S/c1-12(22)19-14-6-4-7-15(10-14)20-18-21-17(11-24-18)13-5-3-8-16(9-13)23-2/h3-11H,1-2H3,(H,19,22)(H,20,21). The van der Waals surface area contributed by atoms with Crippen molar-refractivity contribution < 1.29 is 9.53 Å². The molecule has 0 saturated carbocycles. The van der Waals surface area contributed by atoms with E-state index in [0.717, 1.165) is 33.5 Å². The van der Waals surface area contributed by atoms with Crippen molar-refractivity contribution >= 4 is 33.8 Å². The summed E-state index contributed by atoms with van der Waals surface area (Å²) < 4.78 is 5.25. The summed E-state index contributed by atoms with van der Waals surface area (Å²) in [5.74, 6) is 0.708. The third-order valence-corrected chi connectivity index (χ3v) is 4.06. The fraction of sp³-hybridized carbons (Fsp3) is 0.111. The molecular weight excluding hydrogens is 322 g/mol. The lowest BCUT2D eigenvalue weighted by atomic mass is 10.2. The first-order chi connectivity index (χ1) is 11.6. The SMILES string of the molecule is COc1cccc(-c2csc(Nc3cccc(NC(C)=O)c3)n2)c1. The van der Waals surface area contributed by atoms with Crippen molar-refractivity contribution in [2.45, 2.75) is 6.92 Å². The van der Waals surface area contributed by atoms with E-state index in [1.807, 2.05) is 53.9 Å². The van der Waals surface area contributed by atoms with Gasteiger partial charge in [-0.3, -0.25) is 4.79 Å². The molecule has 0 saturated heterocycles. The maximum Gasteiger partial charge on any atom is 0.221 e. The van der Waals surface area contributed by atoms with Crippen molar-refractivity contribution in [3.8, 4) is 17.0 Å². The van der Waals surface area contributed by atoms with Gasteiger partial charge in [-0.15, -0.1) is 11.3 Å². The number of nitrogens with zero attached hydrogens (tertiary/aromatic N) is 1. The molecular formula is C18H17N3O2S. The molecule has 2 N–H and O–H groups in total. The van der Waals surface area contributed by atoms with Crippen LogP contribution in [-0.2, 0) is 4.79 Å². The number of methoxy groups -OCH3 is 1. The number of anilines is 3. The molecule has 6 heteroatoms. The van der Waals surface area contributed by atoms with Crippen LogP contribution in [0.25, 0.3) is 11.3 Å². The van der Waals surface area contributed by atoms with Crippen LogP contribution in [-0.4, -0.2) is 18.0 Å². The second kappa shape index (κ2) is 7.14. The van der Waals surface area contributed by atoms with Crippen molar-refractivity contribution in [2.75, 3.05) is 17.7 Å². The van der Waals surface area contributed by atoms with Crippen molar-refractivity contribution in [2.24, 2.45) is 0 Å². The lowest BCUT2D eigenvalue weighted by Crippen LogP contribution is -2.05. The smallest absolute Gasteiger partial charge is 0.221 e. The van der Waals surface area contributed by atoms with Gasteiger partial charge >= 0.3 is 0 Å². The number of benzene rings is 2. The Bertz CT molecular complexity index is 861. The van der Waals surface area contributed by atoms with Gasteiger partial charge in [0.2, 0.25) is 5.91 Å². The Balaban J connectivity index is 1.77. The van der Waals surface area contributed by atoms with E-state index in [0.29, 0.717) is 0 Å². The van der Waals surface area contributed by atoms with E-state index < -0.39 is 0 Å². The summed E-state index contributed by atoms with van der Waals surface area (Å²) in [5, 5.41) is 8.81. The van der Waals surface area contributed by atoms with Crippen molar-refractivity contribution in [3.63, 3.8) is 0 Å². The van der Waals surface area contributed by atoms with E-state index in [2.05, 4.69) is 15.6 Å². The number of hydrogen-bond donors (Lipinski definition) is 2. The van der Waals surface area contributed by atoms with E-state index >= 15 is 0 Å². The lowest BCUT2D eigenvalue weighted by Gasteiger charge is -2.06. The Labute approximate surface area is 144 Å². The fourth-order valence-corrected chi connectivity index (χ4v) is 2.99. The van der Waals surface area contributed by atoms with Crippen molar-refractivity contribution in [1.82, 2.24) is 4.98 Å². The Morgan fingerprint density at radius 3 is 2.71 bits per heavy atom. The number of carbonyl (C=O) groups excluding carboxylic acids is 1. The Hall–Kier alpha value is -2.86. The molecule has 3 rings (SSSR count). The summed E-state index contributed by atoms with van der Waals surface area (Å²) in [4.78, 5) is 15.7. The minimum Gasteiger partial charge on any atom is -0.497 e. The highest BCUT2D eigenvalue weighted by atomic mass is 32.1. The van der Waals surface area contributed by atoms with Gasteiger partial charge in [0.05, 0.1) is 12.8 Å². The minimum atomic E-state index is -0.0956. The topological polar surface area (TPSA) is 63.2 Å². The van der Waals surface area contributed by atoms with Gasteiger partial charge in [-0.1, -0.05) is 18.2 Å². The maximum atomic E-state index is 11.1. The molecule has 122 valence electrons. The number of rotatable bonds is 5. The van der Waals surface area contributed by atoms with Crippen LogP contribution in [0.15, 0.2) is 53.9 Å². The fourth-order valence-electron chi connectivity index (χ4n) is 2.25. The maximum absolute atomic E-state index is 11.1. The number of carbonyl (C=O) groups is 1. The predicted molar refractivity (Wildman–Crippen MR) is 98.1 cm³/mol. The molecule has 2 aromatic carbocycles. The number of nitrogens with one attached hydrogen (secondary N) is 2. The monoisotopic (exact) mass is 339 g/mol. The average molecular weight is 339 g/mol. The zero-order valence-electron chi connectivity index (χ0n) is 13.4. The lowest BCUT2D eigenvalue weighted by molar-refractivity contribution is -0.114.